The Bertz CT molecular complexity index is 798. The smallest absolute Gasteiger partial charge is 0.337 e. The third-order valence-electron chi connectivity index (χ3n) is 4.15. The van der Waals surface area contributed by atoms with E-state index in [1.165, 1.54) is 24.5 Å². The zero-order chi connectivity index (χ0) is 19.8. The topological polar surface area (TPSA) is 75.7 Å². The van der Waals surface area contributed by atoms with Crippen molar-refractivity contribution in [2.75, 3.05) is 18.6 Å². The molecule has 2 rings (SSSR count). The van der Waals surface area contributed by atoms with Crippen molar-refractivity contribution in [2.45, 2.75) is 26.8 Å². The number of methoxy groups -OCH3 is 1. The van der Waals surface area contributed by atoms with Crippen LogP contribution in [-0.4, -0.2) is 31.4 Å². The van der Waals surface area contributed by atoms with E-state index in [2.05, 4.69) is 10.1 Å². The Hall–Kier alpha value is -3.15. The van der Waals surface area contributed by atoms with Crippen LogP contribution in [0.3, 0.4) is 0 Å². The highest BCUT2D eigenvalue weighted by molar-refractivity contribution is 5.94. The number of hydrogen-bond acceptors (Lipinski definition) is 4. The lowest BCUT2D eigenvalue weighted by atomic mass is 10.1. The standard InChI is InChI=1S/C21H24N2O4/c1-15-4-6-17(7-5-15)14-22-20(25)12-13-23(16(2)24)19-10-8-18(9-11-19)21(26)27-3/h4-11H,12-14H2,1-3H3,(H,22,25). The van der Waals surface area contributed by atoms with Crippen LogP contribution in [0.4, 0.5) is 5.69 Å². The highest BCUT2D eigenvalue weighted by atomic mass is 16.5. The number of aryl methyl sites for hydroxylation is 1. The highest BCUT2D eigenvalue weighted by Gasteiger charge is 2.14. The van der Waals surface area contributed by atoms with E-state index in [1.807, 2.05) is 31.2 Å². The number of anilines is 1. The predicted molar refractivity (Wildman–Crippen MR) is 103 cm³/mol. The van der Waals surface area contributed by atoms with Crippen molar-refractivity contribution >= 4 is 23.5 Å². The van der Waals surface area contributed by atoms with Crippen LogP contribution in [0.2, 0.25) is 0 Å². The maximum atomic E-state index is 12.1. The van der Waals surface area contributed by atoms with Crippen LogP contribution in [0.5, 0.6) is 0 Å². The third kappa shape index (κ3) is 5.95. The highest BCUT2D eigenvalue weighted by Crippen LogP contribution is 2.16. The van der Waals surface area contributed by atoms with Gasteiger partial charge in [-0.15, -0.1) is 0 Å². The van der Waals surface area contributed by atoms with E-state index in [-0.39, 0.29) is 24.8 Å². The molecule has 0 fully saturated rings. The van der Waals surface area contributed by atoms with Gasteiger partial charge >= 0.3 is 5.97 Å². The van der Waals surface area contributed by atoms with Gasteiger partial charge < -0.3 is 15.0 Å². The fourth-order valence-corrected chi connectivity index (χ4v) is 2.57. The first-order valence-corrected chi connectivity index (χ1v) is 8.69. The first-order valence-electron chi connectivity index (χ1n) is 8.69. The van der Waals surface area contributed by atoms with Gasteiger partial charge in [-0.05, 0) is 36.8 Å². The van der Waals surface area contributed by atoms with E-state index in [0.29, 0.717) is 17.8 Å². The molecule has 27 heavy (non-hydrogen) atoms. The molecule has 0 aliphatic rings. The molecular weight excluding hydrogens is 344 g/mol. The molecule has 0 radical (unpaired) electrons. The monoisotopic (exact) mass is 368 g/mol. The largest absolute Gasteiger partial charge is 0.465 e. The van der Waals surface area contributed by atoms with Gasteiger partial charge in [0.1, 0.15) is 0 Å². The minimum absolute atomic E-state index is 0.131. The molecule has 0 heterocycles. The van der Waals surface area contributed by atoms with Gasteiger partial charge in [0.15, 0.2) is 0 Å². The van der Waals surface area contributed by atoms with Crippen LogP contribution in [0.15, 0.2) is 48.5 Å². The van der Waals surface area contributed by atoms with Gasteiger partial charge in [-0.3, -0.25) is 9.59 Å². The number of hydrogen-bond donors (Lipinski definition) is 1. The first kappa shape index (κ1) is 20.2. The second-order valence-electron chi connectivity index (χ2n) is 6.22. The van der Waals surface area contributed by atoms with Gasteiger partial charge in [-0.25, -0.2) is 4.79 Å². The average molecular weight is 368 g/mol. The van der Waals surface area contributed by atoms with E-state index in [9.17, 15) is 14.4 Å². The number of nitrogens with zero attached hydrogens (tertiary/aromatic N) is 1. The summed E-state index contributed by atoms with van der Waals surface area (Å²) in [5.74, 6) is -0.744. The number of esters is 1. The van der Waals surface area contributed by atoms with Crippen molar-refractivity contribution in [3.8, 4) is 0 Å². The van der Waals surface area contributed by atoms with Crippen molar-refractivity contribution in [1.29, 1.82) is 0 Å². The lowest BCUT2D eigenvalue weighted by Gasteiger charge is -2.21. The molecule has 0 saturated carbocycles. The van der Waals surface area contributed by atoms with Gasteiger partial charge in [-0.1, -0.05) is 29.8 Å². The molecule has 6 nitrogen and oxygen atoms in total. The molecule has 2 amide bonds. The average Bonchev–Trinajstić information content (AvgIpc) is 2.67. The van der Waals surface area contributed by atoms with Crippen LogP contribution < -0.4 is 10.2 Å². The second kappa shape index (κ2) is 9.52. The number of nitrogens with one attached hydrogen (secondary N) is 1. The zero-order valence-corrected chi connectivity index (χ0v) is 15.8. The Kier molecular flexibility index (Phi) is 7.11. The Morgan fingerprint density at radius 2 is 1.63 bits per heavy atom. The molecule has 0 bridgehead atoms. The maximum absolute atomic E-state index is 12.1. The lowest BCUT2D eigenvalue weighted by Crippen LogP contribution is -2.33. The van der Waals surface area contributed by atoms with Crippen molar-refractivity contribution in [3.05, 3.63) is 65.2 Å². The third-order valence-corrected chi connectivity index (χ3v) is 4.15. The summed E-state index contributed by atoms with van der Waals surface area (Å²) in [4.78, 5) is 37.1. The predicted octanol–water partition coefficient (Wildman–Crippen LogP) is 2.84. The van der Waals surface area contributed by atoms with Crippen molar-refractivity contribution in [1.82, 2.24) is 5.32 Å². The molecule has 0 saturated heterocycles. The van der Waals surface area contributed by atoms with Crippen molar-refractivity contribution in [2.24, 2.45) is 0 Å². The molecule has 0 unspecified atom stereocenters. The number of ether oxygens (including phenoxy) is 1. The van der Waals surface area contributed by atoms with E-state index in [4.69, 9.17) is 0 Å². The molecular formula is C21H24N2O4. The number of amides is 2. The molecule has 142 valence electrons. The molecule has 0 atom stereocenters. The van der Waals surface area contributed by atoms with Gasteiger partial charge in [-0.2, -0.15) is 0 Å². The molecule has 1 N–H and O–H groups in total. The van der Waals surface area contributed by atoms with Crippen molar-refractivity contribution in [3.63, 3.8) is 0 Å². The Morgan fingerprint density at radius 1 is 1.00 bits per heavy atom. The molecule has 2 aromatic carbocycles. The van der Waals surface area contributed by atoms with E-state index in [1.54, 1.807) is 24.3 Å². The molecule has 0 aliphatic carbocycles. The number of carbonyl (C=O) groups excluding carboxylic acids is 3. The van der Waals surface area contributed by atoms with E-state index >= 15 is 0 Å². The fraction of sp³-hybridized carbons (Fsp3) is 0.286. The summed E-state index contributed by atoms with van der Waals surface area (Å²) in [6.45, 7) is 4.16. The minimum Gasteiger partial charge on any atom is -0.465 e. The fourth-order valence-electron chi connectivity index (χ4n) is 2.57. The Balaban J connectivity index is 1.91. The van der Waals surface area contributed by atoms with Crippen LogP contribution in [0.1, 0.15) is 34.8 Å². The van der Waals surface area contributed by atoms with E-state index in [0.717, 1.165) is 5.56 Å². The summed E-state index contributed by atoms with van der Waals surface area (Å²) >= 11 is 0. The molecule has 2 aromatic rings. The summed E-state index contributed by atoms with van der Waals surface area (Å²) in [5.41, 5.74) is 3.22. The van der Waals surface area contributed by atoms with Gasteiger partial charge in [0.05, 0.1) is 12.7 Å². The summed E-state index contributed by atoms with van der Waals surface area (Å²) in [6, 6.07) is 14.5. The molecule has 0 aliphatic heterocycles. The minimum atomic E-state index is -0.439. The van der Waals surface area contributed by atoms with E-state index < -0.39 is 5.97 Å². The number of rotatable bonds is 7. The summed E-state index contributed by atoms with van der Waals surface area (Å²) < 4.78 is 4.66. The quantitative estimate of drug-likeness (QED) is 0.763. The normalized spacial score (nSPS) is 10.2. The summed E-state index contributed by atoms with van der Waals surface area (Å²) in [6.07, 6.45) is 0.185. The molecule has 6 heteroatoms. The van der Waals surface area contributed by atoms with Crippen LogP contribution in [-0.2, 0) is 20.9 Å². The maximum Gasteiger partial charge on any atom is 0.337 e. The number of benzene rings is 2. The summed E-state index contributed by atoms with van der Waals surface area (Å²) in [5, 5.41) is 2.86. The number of carbonyl (C=O) groups is 3. The molecule has 0 aromatic heterocycles. The second-order valence-corrected chi connectivity index (χ2v) is 6.22. The van der Waals surface area contributed by atoms with Crippen molar-refractivity contribution < 1.29 is 19.1 Å². The SMILES string of the molecule is COC(=O)c1ccc(N(CCC(=O)NCc2ccc(C)cc2)C(C)=O)cc1. The Labute approximate surface area is 159 Å². The lowest BCUT2D eigenvalue weighted by molar-refractivity contribution is -0.121. The van der Waals surface area contributed by atoms with Gasteiger partial charge in [0, 0.05) is 32.1 Å². The van der Waals surface area contributed by atoms with Crippen LogP contribution in [0.25, 0.3) is 0 Å². The Morgan fingerprint density at radius 3 is 2.19 bits per heavy atom. The van der Waals surface area contributed by atoms with Gasteiger partial charge in [0.2, 0.25) is 11.8 Å². The zero-order valence-electron chi connectivity index (χ0n) is 15.8. The van der Waals surface area contributed by atoms with Crippen LogP contribution in [0, 0.1) is 6.92 Å². The van der Waals surface area contributed by atoms with Crippen LogP contribution >= 0.6 is 0 Å². The molecule has 0 spiro atoms. The van der Waals surface area contributed by atoms with Gasteiger partial charge in [0.25, 0.3) is 0 Å². The first-order chi connectivity index (χ1) is 12.9. The summed E-state index contributed by atoms with van der Waals surface area (Å²) in [7, 11) is 1.31.